The zero-order chi connectivity index (χ0) is 17.5. The van der Waals surface area contributed by atoms with Gasteiger partial charge in [0.2, 0.25) is 0 Å². The Morgan fingerprint density at radius 2 is 1.26 bits per heavy atom. The molecule has 3 nitrogen and oxygen atoms in total. The van der Waals surface area contributed by atoms with E-state index in [1.54, 1.807) is 0 Å². The first-order valence-corrected chi connectivity index (χ1v) is 9.70. The predicted molar refractivity (Wildman–Crippen MR) is 107 cm³/mol. The van der Waals surface area contributed by atoms with Crippen molar-refractivity contribution in [3.05, 3.63) is 58.8 Å². The van der Waals surface area contributed by atoms with Crippen molar-refractivity contribution in [1.82, 2.24) is 0 Å². The third kappa shape index (κ3) is 3.67. The third-order valence-electron chi connectivity index (χ3n) is 3.78. The van der Waals surface area contributed by atoms with Crippen molar-refractivity contribution in [3.63, 3.8) is 0 Å². The number of nitrogen functional groups attached to an aromatic ring is 1. The van der Waals surface area contributed by atoms with Gasteiger partial charge in [-0.05, 0) is 99.1 Å². The molecule has 0 amide bonds. The van der Waals surface area contributed by atoms with Crippen molar-refractivity contribution < 1.29 is 9.90 Å². The molecule has 0 spiro atoms. The van der Waals surface area contributed by atoms with Gasteiger partial charge in [-0.25, -0.2) is 4.79 Å². The molecular weight excluding hydrogens is 558 g/mol. The molecule has 0 saturated carbocycles. The van der Waals surface area contributed by atoms with Crippen LogP contribution in [0.4, 0.5) is 5.69 Å². The molecule has 0 atom stereocenters. The van der Waals surface area contributed by atoms with Crippen LogP contribution in [0.1, 0.15) is 35.3 Å². The second kappa shape index (κ2) is 6.86. The van der Waals surface area contributed by atoms with Gasteiger partial charge < -0.3 is 10.8 Å². The molecule has 0 saturated heterocycles. The lowest BCUT2D eigenvalue weighted by molar-refractivity contribution is 0.0695. The molecule has 0 heterocycles. The van der Waals surface area contributed by atoms with E-state index < -0.39 is 5.97 Å². The van der Waals surface area contributed by atoms with Crippen LogP contribution in [0.2, 0.25) is 0 Å². The van der Waals surface area contributed by atoms with Gasteiger partial charge in [0.15, 0.2) is 0 Å². The Labute approximate surface area is 168 Å². The average molecular weight is 571 g/mol. The first-order valence-electron chi connectivity index (χ1n) is 6.53. The average Bonchev–Trinajstić information content (AvgIpc) is 2.42. The first kappa shape index (κ1) is 19.0. The number of rotatable bonds is 3. The van der Waals surface area contributed by atoms with Crippen molar-refractivity contribution in [2.45, 2.75) is 19.3 Å². The van der Waals surface area contributed by atoms with E-state index in [2.05, 4.69) is 77.6 Å². The topological polar surface area (TPSA) is 63.3 Å². The van der Waals surface area contributed by atoms with E-state index in [9.17, 15) is 9.90 Å². The summed E-state index contributed by atoms with van der Waals surface area (Å²) in [5.41, 5.74) is 8.50. The maximum absolute atomic E-state index is 11.3. The van der Waals surface area contributed by atoms with Gasteiger partial charge in [0.05, 0.1) is 11.3 Å². The Morgan fingerprint density at radius 3 is 1.61 bits per heavy atom. The summed E-state index contributed by atoms with van der Waals surface area (Å²) >= 11 is 13.7. The minimum atomic E-state index is -0.980. The fourth-order valence-electron chi connectivity index (χ4n) is 2.25. The van der Waals surface area contributed by atoms with E-state index in [1.165, 1.54) is 0 Å². The largest absolute Gasteiger partial charge is 0.478 e. The second-order valence-corrected chi connectivity index (χ2v) is 9.02. The minimum absolute atomic E-state index is 0.212. The molecule has 0 unspecified atom stereocenters. The highest BCUT2D eigenvalue weighted by Gasteiger charge is 2.27. The molecule has 2 aromatic rings. The van der Waals surface area contributed by atoms with Gasteiger partial charge >= 0.3 is 5.97 Å². The van der Waals surface area contributed by atoms with Crippen molar-refractivity contribution in [3.8, 4) is 0 Å². The standard InChI is InChI=1S/C16H13Br4NO2/c1-16(2,8-5-11(19)14(21)12(20)6-8)7-3-9(17)13(15(22)23)10(18)4-7/h3-6H,21H2,1-2H3,(H,22,23). The molecule has 0 aliphatic rings. The minimum Gasteiger partial charge on any atom is -0.478 e. The smallest absolute Gasteiger partial charge is 0.337 e. The molecule has 2 aromatic carbocycles. The Morgan fingerprint density at radius 1 is 0.913 bits per heavy atom. The van der Waals surface area contributed by atoms with Crippen LogP contribution in [0.25, 0.3) is 0 Å². The monoisotopic (exact) mass is 567 g/mol. The van der Waals surface area contributed by atoms with Crippen molar-refractivity contribution in [2.75, 3.05) is 5.73 Å². The summed E-state index contributed by atoms with van der Waals surface area (Å²) in [6.45, 7) is 4.15. The summed E-state index contributed by atoms with van der Waals surface area (Å²) in [6, 6.07) is 7.64. The fourth-order valence-corrected chi connectivity index (χ4v) is 4.96. The van der Waals surface area contributed by atoms with Crippen LogP contribution in [-0.2, 0) is 5.41 Å². The van der Waals surface area contributed by atoms with Crippen LogP contribution >= 0.6 is 63.7 Å². The summed E-state index contributed by atoms with van der Waals surface area (Å²) in [5, 5.41) is 9.27. The molecule has 0 aromatic heterocycles. The van der Waals surface area contributed by atoms with Gasteiger partial charge in [0.1, 0.15) is 0 Å². The molecule has 0 aliphatic heterocycles. The lowest BCUT2D eigenvalue weighted by Crippen LogP contribution is -2.20. The van der Waals surface area contributed by atoms with Gasteiger partial charge in [0, 0.05) is 23.3 Å². The van der Waals surface area contributed by atoms with Gasteiger partial charge in [-0.1, -0.05) is 13.8 Å². The van der Waals surface area contributed by atoms with Crippen molar-refractivity contribution in [2.24, 2.45) is 0 Å². The highest BCUT2D eigenvalue weighted by molar-refractivity contribution is 9.11. The Bertz CT molecular complexity index is 757. The summed E-state index contributed by atoms with van der Waals surface area (Å²) in [4.78, 5) is 11.3. The van der Waals surface area contributed by atoms with Crippen molar-refractivity contribution in [1.29, 1.82) is 0 Å². The van der Waals surface area contributed by atoms with Gasteiger partial charge in [-0.2, -0.15) is 0 Å². The molecule has 0 radical (unpaired) electrons. The highest BCUT2D eigenvalue weighted by Crippen LogP contribution is 2.40. The molecule has 7 heteroatoms. The molecule has 0 aliphatic carbocycles. The van der Waals surface area contributed by atoms with Crippen LogP contribution in [0.5, 0.6) is 0 Å². The number of benzene rings is 2. The van der Waals surface area contributed by atoms with Gasteiger partial charge in [-0.3, -0.25) is 0 Å². The van der Waals surface area contributed by atoms with Gasteiger partial charge in [0.25, 0.3) is 0 Å². The fraction of sp³-hybridized carbons (Fsp3) is 0.188. The maximum atomic E-state index is 11.3. The summed E-state index contributed by atoms with van der Waals surface area (Å²) in [5.74, 6) is -0.980. The van der Waals surface area contributed by atoms with E-state index in [0.29, 0.717) is 14.6 Å². The molecule has 122 valence electrons. The first-order chi connectivity index (χ1) is 10.6. The summed E-state index contributed by atoms with van der Waals surface area (Å²) in [6.07, 6.45) is 0. The van der Waals surface area contributed by atoms with Crippen LogP contribution in [0, 0.1) is 0 Å². The number of carbonyl (C=O) groups is 1. The number of carboxylic acid groups (broad SMARTS) is 1. The SMILES string of the molecule is CC(C)(c1cc(Br)c(N)c(Br)c1)c1cc(Br)c(C(=O)O)c(Br)c1. The maximum Gasteiger partial charge on any atom is 0.337 e. The highest BCUT2D eigenvalue weighted by atomic mass is 79.9. The number of halogens is 4. The Hall–Kier alpha value is -0.370. The zero-order valence-electron chi connectivity index (χ0n) is 12.3. The zero-order valence-corrected chi connectivity index (χ0v) is 18.6. The quantitative estimate of drug-likeness (QED) is 0.423. The summed E-state index contributed by atoms with van der Waals surface area (Å²) < 4.78 is 2.71. The molecule has 0 fully saturated rings. The number of hydrogen-bond donors (Lipinski definition) is 2. The lowest BCUT2D eigenvalue weighted by atomic mass is 9.78. The number of anilines is 1. The van der Waals surface area contributed by atoms with E-state index in [4.69, 9.17) is 5.73 Å². The molecular formula is C16H13Br4NO2. The van der Waals surface area contributed by atoms with Crippen LogP contribution in [-0.4, -0.2) is 11.1 Å². The van der Waals surface area contributed by atoms with E-state index in [0.717, 1.165) is 20.1 Å². The summed E-state index contributed by atoms with van der Waals surface area (Å²) in [7, 11) is 0. The molecule has 2 rings (SSSR count). The number of carboxylic acids is 1. The molecule has 0 bridgehead atoms. The van der Waals surface area contributed by atoms with Crippen LogP contribution in [0.15, 0.2) is 42.2 Å². The molecule has 3 N–H and O–H groups in total. The number of hydrogen-bond acceptors (Lipinski definition) is 2. The number of nitrogens with two attached hydrogens (primary N) is 1. The van der Waals surface area contributed by atoms with Crippen LogP contribution < -0.4 is 5.73 Å². The van der Waals surface area contributed by atoms with E-state index in [-0.39, 0.29) is 11.0 Å². The Balaban J connectivity index is 2.63. The molecule has 23 heavy (non-hydrogen) atoms. The predicted octanol–water partition coefficient (Wildman–Crippen LogP) is 6.34. The van der Waals surface area contributed by atoms with E-state index >= 15 is 0 Å². The lowest BCUT2D eigenvalue weighted by Gasteiger charge is -2.28. The second-order valence-electron chi connectivity index (χ2n) is 5.60. The van der Waals surface area contributed by atoms with Gasteiger partial charge in [-0.15, -0.1) is 0 Å². The van der Waals surface area contributed by atoms with E-state index in [1.807, 2.05) is 24.3 Å². The Kier molecular flexibility index (Phi) is 5.66. The number of aromatic carboxylic acids is 1. The van der Waals surface area contributed by atoms with Crippen LogP contribution in [0.3, 0.4) is 0 Å². The normalized spacial score (nSPS) is 11.6. The van der Waals surface area contributed by atoms with Crippen molar-refractivity contribution >= 4 is 75.4 Å². The third-order valence-corrected chi connectivity index (χ3v) is 6.34.